The first-order valence-electron chi connectivity index (χ1n) is 5.79. The lowest BCUT2D eigenvalue weighted by atomic mass is 10.2. The molecule has 0 radical (unpaired) electrons. The molecule has 0 bridgehead atoms. The summed E-state index contributed by atoms with van der Waals surface area (Å²) in [4.78, 5) is 12.9. The normalized spacial score (nSPS) is 12.2. The summed E-state index contributed by atoms with van der Waals surface area (Å²) in [5.74, 6) is 1.03. The van der Waals surface area contributed by atoms with Crippen molar-refractivity contribution in [3.8, 4) is 0 Å². The molecule has 0 aliphatic carbocycles. The van der Waals surface area contributed by atoms with Crippen molar-refractivity contribution in [1.82, 2.24) is 5.32 Å². The number of carbonyl (C=O) groups excluding carboxylic acids is 1. The first-order chi connectivity index (χ1) is 8.17. The smallest absolute Gasteiger partial charge is 0.251 e. The van der Waals surface area contributed by atoms with Crippen LogP contribution in [0.25, 0.3) is 0 Å². The van der Waals surface area contributed by atoms with Crippen LogP contribution in [0.2, 0.25) is 0 Å². The largest absolute Gasteiger partial charge is 0.396 e. The number of hydrogen-bond acceptors (Lipinski definition) is 3. The fraction of sp³-hybridized carbons (Fsp3) is 0.462. The number of aliphatic hydroxyl groups is 1. The molecular weight excluding hydrogens is 234 g/mol. The molecule has 2 N–H and O–H groups in total. The summed E-state index contributed by atoms with van der Waals surface area (Å²) in [6.07, 6.45) is 0. The second kappa shape index (κ2) is 7.35. The van der Waals surface area contributed by atoms with Crippen molar-refractivity contribution in [2.24, 2.45) is 5.92 Å². The van der Waals surface area contributed by atoms with Crippen molar-refractivity contribution in [3.63, 3.8) is 0 Å². The molecule has 1 atom stereocenters. The maximum Gasteiger partial charge on any atom is 0.251 e. The first-order valence-corrected chi connectivity index (χ1v) is 6.77. The Morgan fingerprint density at radius 1 is 1.41 bits per heavy atom. The van der Waals surface area contributed by atoms with E-state index in [2.05, 4.69) is 12.2 Å². The minimum atomic E-state index is -0.0849. The van der Waals surface area contributed by atoms with E-state index < -0.39 is 0 Å². The Balaban J connectivity index is 2.51. The molecule has 0 aliphatic heterocycles. The van der Waals surface area contributed by atoms with Gasteiger partial charge < -0.3 is 10.4 Å². The van der Waals surface area contributed by atoms with Gasteiger partial charge in [-0.2, -0.15) is 0 Å². The van der Waals surface area contributed by atoms with Gasteiger partial charge in [0.1, 0.15) is 0 Å². The fourth-order valence-corrected chi connectivity index (χ4v) is 1.96. The van der Waals surface area contributed by atoms with Crippen LogP contribution in [0.15, 0.2) is 29.2 Å². The van der Waals surface area contributed by atoms with Gasteiger partial charge in [0.15, 0.2) is 0 Å². The first kappa shape index (κ1) is 14.1. The monoisotopic (exact) mass is 253 g/mol. The molecule has 0 saturated carbocycles. The van der Waals surface area contributed by atoms with Gasteiger partial charge in [-0.25, -0.2) is 0 Å². The Kier molecular flexibility index (Phi) is 6.08. The van der Waals surface area contributed by atoms with E-state index in [1.54, 1.807) is 11.8 Å². The van der Waals surface area contributed by atoms with E-state index in [9.17, 15) is 4.79 Å². The lowest BCUT2D eigenvalue weighted by Gasteiger charge is -2.09. The zero-order valence-corrected chi connectivity index (χ0v) is 11.1. The maximum absolute atomic E-state index is 11.7. The average Bonchev–Trinajstić information content (AvgIpc) is 2.36. The Bertz CT molecular complexity index is 351. The van der Waals surface area contributed by atoms with Crippen LogP contribution >= 0.6 is 11.8 Å². The quantitative estimate of drug-likeness (QED) is 0.764. The van der Waals surface area contributed by atoms with Gasteiger partial charge in [-0.1, -0.05) is 13.8 Å². The van der Waals surface area contributed by atoms with Crippen LogP contribution in [-0.2, 0) is 0 Å². The standard InChI is InChI=1S/C13H19NO2S/c1-3-17-12-6-4-11(5-7-12)13(16)14-8-10(2)9-15/h4-7,10,15H,3,8-9H2,1-2H3,(H,14,16). The summed E-state index contributed by atoms with van der Waals surface area (Å²) in [5, 5.41) is 11.7. The van der Waals surface area contributed by atoms with Gasteiger partial charge >= 0.3 is 0 Å². The van der Waals surface area contributed by atoms with Gasteiger partial charge in [-0.3, -0.25) is 4.79 Å². The highest BCUT2D eigenvalue weighted by Crippen LogP contribution is 2.17. The molecule has 1 aromatic carbocycles. The molecule has 0 saturated heterocycles. The summed E-state index contributed by atoms with van der Waals surface area (Å²) < 4.78 is 0. The van der Waals surface area contributed by atoms with E-state index in [1.165, 1.54) is 4.90 Å². The van der Waals surface area contributed by atoms with Crippen LogP contribution in [0.3, 0.4) is 0 Å². The van der Waals surface area contributed by atoms with Gasteiger partial charge in [0.25, 0.3) is 5.91 Å². The summed E-state index contributed by atoms with van der Waals surface area (Å²) in [6.45, 7) is 4.58. The van der Waals surface area contributed by atoms with Crippen LogP contribution in [0.1, 0.15) is 24.2 Å². The van der Waals surface area contributed by atoms with E-state index in [4.69, 9.17) is 5.11 Å². The van der Waals surface area contributed by atoms with Crippen LogP contribution in [-0.4, -0.2) is 29.9 Å². The Labute approximate surface area is 107 Å². The third-order valence-electron chi connectivity index (χ3n) is 2.35. The van der Waals surface area contributed by atoms with E-state index in [0.717, 1.165) is 5.75 Å². The van der Waals surface area contributed by atoms with Crippen LogP contribution < -0.4 is 5.32 Å². The predicted molar refractivity (Wildman–Crippen MR) is 71.4 cm³/mol. The lowest BCUT2D eigenvalue weighted by molar-refractivity contribution is 0.0942. The second-order valence-corrected chi connectivity index (χ2v) is 5.29. The summed E-state index contributed by atoms with van der Waals surface area (Å²) in [7, 11) is 0. The van der Waals surface area contributed by atoms with Crippen molar-refractivity contribution >= 4 is 17.7 Å². The molecule has 4 heteroatoms. The third-order valence-corrected chi connectivity index (χ3v) is 3.24. The minimum absolute atomic E-state index is 0.0849. The lowest BCUT2D eigenvalue weighted by Crippen LogP contribution is -2.29. The molecule has 94 valence electrons. The molecule has 0 heterocycles. The molecule has 0 aliphatic rings. The summed E-state index contributed by atoms with van der Waals surface area (Å²) >= 11 is 1.75. The van der Waals surface area contributed by atoms with Crippen LogP contribution in [0.5, 0.6) is 0 Å². The fourth-order valence-electron chi connectivity index (χ4n) is 1.30. The molecule has 1 rings (SSSR count). The van der Waals surface area contributed by atoms with Gasteiger partial charge in [0, 0.05) is 23.6 Å². The summed E-state index contributed by atoms with van der Waals surface area (Å²) in [5.41, 5.74) is 0.663. The molecular formula is C13H19NO2S. The highest BCUT2D eigenvalue weighted by Gasteiger charge is 2.07. The van der Waals surface area contributed by atoms with Gasteiger partial charge in [-0.05, 0) is 35.9 Å². The molecule has 1 aromatic rings. The van der Waals surface area contributed by atoms with E-state index in [-0.39, 0.29) is 18.4 Å². The van der Waals surface area contributed by atoms with Crippen molar-refractivity contribution in [2.45, 2.75) is 18.7 Å². The maximum atomic E-state index is 11.7. The van der Waals surface area contributed by atoms with Crippen LogP contribution in [0.4, 0.5) is 0 Å². The van der Waals surface area contributed by atoms with Crippen molar-refractivity contribution in [3.05, 3.63) is 29.8 Å². The van der Waals surface area contributed by atoms with Crippen LogP contribution in [0, 0.1) is 5.92 Å². The molecule has 1 unspecified atom stereocenters. The SMILES string of the molecule is CCSc1ccc(C(=O)NCC(C)CO)cc1. The van der Waals surface area contributed by atoms with E-state index in [0.29, 0.717) is 12.1 Å². The number of benzene rings is 1. The molecule has 0 spiro atoms. The van der Waals surface area contributed by atoms with Crippen molar-refractivity contribution in [1.29, 1.82) is 0 Å². The zero-order valence-electron chi connectivity index (χ0n) is 10.3. The molecule has 17 heavy (non-hydrogen) atoms. The Morgan fingerprint density at radius 3 is 2.59 bits per heavy atom. The van der Waals surface area contributed by atoms with Gasteiger partial charge in [0.2, 0.25) is 0 Å². The number of carbonyl (C=O) groups is 1. The number of rotatable bonds is 6. The molecule has 3 nitrogen and oxygen atoms in total. The minimum Gasteiger partial charge on any atom is -0.396 e. The average molecular weight is 253 g/mol. The van der Waals surface area contributed by atoms with Gasteiger partial charge in [-0.15, -0.1) is 11.8 Å². The zero-order chi connectivity index (χ0) is 12.7. The number of thioether (sulfide) groups is 1. The highest BCUT2D eigenvalue weighted by molar-refractivity contribution is 7.99. The number of amides is 1. The summed E-state index contributed by atoms with van der Waals surface area (Å²) in [6, 6.07) is 7.57. The second-order valence-electron chi connectivity index (χ2n) is 3.96. The molecule has 0 fully saturated rings. The topological polar surface area (TPSA) is 49.3 Å². The van der Waals surface area contributed by atoms with E-state index >= 15 is 0 Å². The molecule has 0 aromatic heterocycles. The number of aliphatic hydroxyl groups excluding tert-OH is 1. The molecule has 1 amide bonds. The third kappa shape index (κ3) is 4.79. The number of nitrogens with one attached hydrogen (secondary N) is 1. The van der Waals surface area contributed by atoms with Crippen molar-refractivity contribution < 1.29 is 9.90 Å². The Morgan fingerprint density at radius 2 is 2.06 bits per heavy atom. The number of hydrogen-bond donors (Lipinski definition) is 2. The van der Waals surface area contributed by atoms with E-state index in [1.807, 2.05) is 31.2 Å². The van der Waals surface area contributed by atoms with Crippen molar-refractivity contribution in [2.75, 3.05) is 18.9 Å². The Hall–Kier alpha value is -1.00. The highest BCUT2D eigenvalue weighted by atomic mass is 32.2. The predicted octanol–water partition coefficient (Wildman–Crippen LogP) is 2.16. The van der Waals surface area contributed by atoms with Gasteiger partial charge in [0.05, 0.1) is 0 Å².